The fourth-order valence-corrected chi connectivity index (χ4v) is 12.4. The number of hydrogen-bond acceptors (Lipinski definition) is 25. The molecule has 0 spiro atoms. The summed E-state index contributed by atoms with van der Waals surface area (Å²) in [7, 11) is -1.98. The molecular formula is C43H49N13O11S5. The average molecular weight is 1080 g/mol. The summed E-state index contributed by atoms with van der Waals surface area (Å²) in [6.45, 7) is 8.48. The van der Waals surface area contributed by atoms with Gasteiger partial charge in [-0.2, -0.15) is 31.8 Å². The maximum Gasteiger partial charge on any atom is 0.299 e. The Hall–Kier alpha value is -6.60. The van der Waals surface area contributed by atoms with Crippen molar-refractivity contribution < 1.29 is 49.6 Å². The second-order valence-corrected chi connectivity index (χ2v) is 21.0. The zero-order valence-corrected chi connectivity index (χ0v) is 44.0. The Labute approximate surface area is 426 Å². The number of methoxy groups -OCH3 is 4. The molecule has 3 aromatic heterocycles. The molecule has 29 heteroatoms. The van der Waals surface area contributed by atoms with Gasteiger partial charge < -0.3 is 44.1 Å². The Kier molecular flexibility index (Phi) is 15.5. The predicted octanol–water partition coefficient (Wildman–Crippen LogP) is 8.74. The number of rotatable bonds is 17. The molecule has 0 aliphatic carbocycles. The first-order chi connectivity index (χ1) is 34.5. The van der Waals surface area contributed by atoms with Gasteiger partial charge in [0.2, 0.25) is 22.2 Å². The fourth-order valence-electron chi connectivity index (χ4n) is 7.56. The highest BCUT2D eigenvalue weighted by Crippen LogP contribution is 2.45. The zero-order chi connectivity index (χ0) is 51.5. The molecule has 4 aromatic carbocycles. The molecule has 1 aliphatic heterocycles. The quantitative estimate of drug-likeness (QED) is 0.0323. The third-order valence-electron chi connectivity index (χ3n) is 11.0. The van der Waals surface area contributed by atoms with E-state index in [0.29, 0.717) is 82.0 Å². The van der Waals surface area contributed by atoms with Crippen LogP contribution in [0.2, 0.25) is 0 Å². The minimum atomic E-state index is -4.70. The van der Waals surface area contributed by atoms with Gasteiger partial charge in [0.15, 0.2) is 14.9 Å². The minimum Gasteiger partial charge on any atom is -0.495 e. The van der Waals surface area contributed by atoms with Gasteiger partial charge in [-0.15, -0.1) is 10.2 Å². The van der Waals surface area contributed by atoms with Crippen molar-refractivity contribution in [3.63, 3.8) is 0 Å². The normalized spacial score (nSPS) is 13.3. The van der Waals surface area contributed by atoms with Crippen molar-refractivity contribution in [2.75, 3.05) is 105 Å². The number of nitrogens with one attached hydrogen (secondary N) is 3. The molecule has 0 atom stereocenters. The van der Waals surface area contributed by atoms with Crippen molar-refractivity contribution in [3.8, 4) is 23.0 Å². The maximum absolute atomic E-state index is 12.5. The molecule has 0 radical (unpaired) electrons. The number of nitrogens with zero attached hydrogens (tertiary/aromatic N) is 10. The lowest BCUT2D eigenvalue weighted by Crippen LogP contribution is -2.28. The lowest BCUT2D eigenvalue weighted by molar-refractivity contribution is 0.150. The van der Waals surface area contributed by atoms with Gasteiger partial charge in [0, 0.05) is 44.6 Å². The molecule has 1 aliphatic rings. The van der Waals surface area contributed by atoms with Crippen molar-refractivity contribution in [1.29, 1.82) is 0 Å². The summed E-state index contributed by atoms with van der Waals surface area (Å²) in [5.41, 5.74) is 7.00. The summed E-state index contributed by atoms with van der Waals surface area (Å²) in [6, 6.07) is 13.2. The molecular weight excluding hydrogens is 1030 g/mol. The van der Waals surface area contributed by atoms with Crippen LogP contribution in [0.1, 0.15) is 20.8 Å². The summed E-state index contributed by atoms with van der Waals surface area (Å²) >= 11 is 3.27. The summed E-state index contributed by atoms with van der Waals surface area (Å²) in [5, 5.41) is 18.1. The first kappa shape index (κ1) is 51.7. The number of aromatic nitrogens is 5. The van der Waals surface area contributed by atoms with Gasteiger partial charge >= 0.3 is 0 Å². The van der Waals surface area contributed by atoms with Crippen molar-refractivity contribution >= 4 is 131 Å². The van der Waals surface area contributed by atoms with Crippen LogP contribution in [0.4, 0.5) is 56.3 Å². The largest absolute Gasteiger partial charge is 0.495 e. The number of fused-ring (bicyclic) bond motifs is 6. The third-order valence-corrected chi connectivity index (χ3v) is 16.0. The smallest absolute Gasteiger partial charge is 0.299 e. The van der Waals surface area contributed by atoms with Crippen LogP contribution in [0.25, 0.3) is 20.4 Å². The highest BCUT2D eigenvalue weighted by atomic mass is 32.2. The van der Waals surface area contributed by atoms with E-state index in [9.17, 15) is 25.9 Å². The van der Waals surface area contributed by atoms with E-state index >= 15 is 0 Å². The van der Waals surface area contributed by atoms with Gasteiger partial charge in [-0.25, -0.2) is 9.97 Å². The Morgan fingerprint density at radius 1 is 0.778 bits per heavy atom. The van der Waals surface area contributed by atoms with Gasteiger partial charge in [-0.05, 0) is 57.2 Å². The van der Waals surface area contributed by atoms with E-state index in [4.69, 9.17) is 38.6 Å². The summed E-state index contributed by atoms with van der Waals surface area (Å²) in [6.07, 6.45) is 0. The fraction of sp³-hybridized carbons (Fsp3) is 0.326. The lowest BCUT2D eigenvalue weighted by Gasteiger charge is -2.28. The Morgan fingerprint density at radius 3 is 2.06 bits per heavy atom. The molecule has 382 valence electrons. The highest BCUT2D eigenvalue weighted by molar-refractivity contribution is 7.99. The second kappa shape index (κ2) is 21.6. The number of anilines is 8. The number of hydrazine groups is 1. The predicted molar refractivity (Wildman–Crippen MR) is 279 cm³/mol. The first-order valence-corrected chi connectivity index (χ1v) is 27.3. The first-order valence-electron chi connectivity index (χ1n) is 21.8. The van der Waals surface area contributed by atoms with Gasteiger partial charge in [0.1, 0.15) is 35.4 Å². The SMILES string of the molecule is CCN(CC)c1cc(Nc2nc3nc(n2)SCCOCN(CC)c2cc(c(NN(C)c4nc5ccc(OC)c(S(=O)(=O)O)c5s4)cc2OC)N3)c(N=Nc2nc3ccc(OC)c(S(=O)(=O)O)c3s2)cc1OC. The third kappa shape index (κ3) is 10.9. The van der Waals surface area contributed by atoms with Gasteiger partial charge in [-0.1, -0.05) is 34.4 Å². The van der Waals surface area contributed by atoms with Crippen molar-refractivity contribution in [2.45, 2.75) is 35.7 Å². The maximum atomic E-state index is 12.5. The summed E-state index contributed by atoms with van der Waals surface area (Å²) in [4.78, 5) is 26.8. The molecule has 0 amide bonds. The molecule has 7 aromatic rings. The Balaban J connectivity index is 1.21. The molecule has 72 heavy (non-hydrogen) atoms. The van der Waals surface area contributed by atoms with Crippen molar-refractivity contribution in [2.24, 2.45) is 10.2 Å². The summed E-state index contributed by atoms with van der Waals surface area (Å²) in [5.74, 6) is 1.67. The van der Waals surface area contributed by atoms with Gasteiger partial charge in [0.25, 0.3) is 20.2 Å². The van der Waals surface area contributed by atoms with Crippen molar-refractivity contribution in [3.05, 3.63) is 48.5 Å². The van der Waals surface area contributed by atoms with Crippen LogP contribution in [0.3, 0.4) is 0 Å². The number of thioether (sulfide) groups is 1. The van der Waals surface area contributed by atoms with E-state index in [-0.39, 0.29) is 60.8 Å². The summed E-state index contributed by atoms with van der Waals surface area (Å²) < 4.78 is 98.9. The Morgan fingerprint density at radius 2 is 1.43 bits per heavy atom. The number of thiazole rings is 2. The molecule has 0 saturated heterocycles. The lowest BCUT2D eigenvalue weighted by atomic mass is 10.2. The molecule has 0 fully saturated rings. The molecule has 0 saturated carbocycles. The van der Waals surface area contributed by atoms with Crippen LogP contribution in [-0.4, -0.2) is 125 Å². The zero-order valence-electron chi connectivity index (χ0n) is 39.9. The van der Waals surface area contributed by atoms with Crippen LogP contribution in [0.5, 0.6) is 23.0 Å². The topological polar surface area (TPSA) is 290 Å². The van der Waals surface area contributed by atoms with E-state index in [1.54, 1.807) is 50.5 Å². The Bertz CT molecular complexity index is 3410. The second-order valence-electron chi connectivity index (χ2n) is 15.2. The monoisotopic (exact) mass is 1080 g/mol. The molecule has 5 N–H and O–H groups in total. The molecule has 24 nitrogen and oxygen atoms in total. The molecule has 0 unspecified atom stereocenters. The molecule has 4 heterocycles. The van der Waals surface area contributed by atoms with Crippen LogP contribution in [0, 0.1) is 0 Å². The van der Waals surface area contributed by atoms with Gasteiger partial charge in [-0.3, -0.25) is 19.5 Å². The molecule has 4 bridgehead atoms. The van der Waals surface area contributed by atoms with Crippen LogP contribution in [-0.2, 0) is 25.0 Å². The van der Waals surface area contributed by atoms with Crippen molar-refractivity contribution in [1.82, 2.24) is 24.9 Å². The van der Waals surface area contributed by atoms with Crippen LogP contribution in [0.15, 0.2) is 73.7 Å². The van der Waals surface area contributed by atoms with E-state index in [0.717, 1.165) is 28.4 Å². The van der Waals surface area contributed by atoms with E-state index in [2.05, 4.69) is 41.2 Å². The van der Waals surface area contributed by atoms with Gasteiger partial charge in [0.05, 0.1) is 83.9 Å². The highest BCUT2D eigenvalue weighted by Gasteiger charge is 2.27. The number of azo groups is 1. The van der Waals surface area contributed by atoms with E-state index < -0.39 is 25.1 Å². The van der Waals surface area contributed by atoms with E-state index in [1.165, 1.54) is 38.1 Å². The standard InChI is InChI=1S/C43H49N13O11S5/c1-9-55(10-2)29-18-25(27(20-33(29)65-7)51-52-42-46-23-12-14-31(63-5)37(35(23)69-42)71(57,58)59)44-39-48-40-45-26-19-30(56(11-3)22-67-16-17-68-41(49-39)50-40)34(66-8)21-28(26)53-54(4)43-47-24-13-15-32(64-6)38(36(24)70-43)72(60,61)62/h12-15,18-21,53H,9-11,16-17,22H2,1-8H3,(H,57,58,59)(H,60,61,62)(H2,44,45,48,49,50). The number of ether oxygens (including phenoxy) is 5. The average Bonchev–Trinajstić information content (AvgIpc) is 3.98. The van der Waals surface area contributed by atoms with Crippen LogP contribution >= 0.6 is 34.4 Å². The van der Waals surface area contributed by atoms with Crippen LogP contribution < -0.4 is 49.8 Å². The number of benzene rings is 4. The molecule has 8 rings (SSSR count). The minimum absolute atomic E-state index is 0.0259. The van der Waals surface area contributed by atoms with E-state index in [1.807, 2.05) is 37.8 Å². The number of hydrogen-bond donors (Lipinski definition) is 5.